The van der Waals surface area contributed by atoms with E-state index >= 15 is 0 Å². The summed E-state index contributed by atoms with van der Waals surface area (Å²) in [6.07, 6.45) is 0. The van der Waals surface area contributed by atoms with Crippen LogP contribution in [0.1, 0.15) is 5.69 Å². The third-order valence-electron chi connectivity index (χ3n) is 1.78. The van der Waals surface area contributed by atoms with Crippen molar-refractivity contribution in [3.63, 3.8) is 0 Å². The number of benzene rings is 1. The molecule has 1 aromatic heterocycles. The van der Waals surface area contributed by atoms with E-state index in [0.717, 1.165) is 5.69 Å². The molecule has 0 bridgehead atoms. The Morgan fingerprint density at radius 1 is 1.17 bits per heavy atom. The Kier molecular flexibility index (Phi) is 1.92. The molecule has 0 saturated carbocycles. The molecular formula is C10H9NS. The molecule has 1 aromatic carbocycles. The van der Waals surface area contributed by atoms with Crippen molar-refractivity contribution in [2.24, 2.45) is 0 Å². The minimum Gasteiger partial charge on any atom is -0.249 e. The van der Waals surface area contributed by atoms with Gasteiger partial charge in [-0.25, -0.2) is 4.98 Å². The van der Waals surface area contributed by atoms with Crippen LogP contribution < -0.4 is 0 Å². The summed E-state index contributed by atoms with van der Waals surface area (Å²) in [5.74, 6) is 0. The van der Waals surface area contributed by atoms with Gasteiger partial charge >= 0.3 is 0 Å². The van der Waals surface area contributed by atoms with Crippen molar-refractivity contribution in [1.29, 1.82) is 0 Å². The van der Waals surface area contributed by atoms with E-state index in [9.17, 15) is 0 Å². The first-order chi connectivity index (χ1) is 5.88. The molecule has 2 aromatic rings. The standard InChI is InChI=1S/C10H9NS/c1-8-10(12-7-11-8)9-5-3-2-4-6-9/h2-7H,1H3. The van der Waals surface area contributed by atoms with Gasteiger partial charge in [0.05, 0.1) is 16.1 Å². The largest absolute Gasteiger partial charge is 0.249 e. The molecule has 0 aliphatic heterocycles. The van der Waals surface area contributed by atoms with Crippen LogP contribution in [0.4, 0.5) is 0 Å². The molecule has 1 nitrogen and oxygen atoms in total. The number of nitrogens with zero attached hydrogens (tertiary/aromatic N) is 1. The summed E-state index contributed by atoms with van der Waals surface area (Å²) in [6, 6.07) is 10.4. The van der Waals surface area contributed by atoms with E-state index in [4.69, 9.17) is 0 Å². The smallest absolute Gasteiger partial charge is 0.0801 e. The average Bonchev–Trinajstić information content (AvgIpc) is 2.53. The second kappa shape index (κ2) is 3.07. The number of thiazole rings is 1. The molecule has 0 radical (unpaired) electrons. The first-order valence-electron chi connectivity index (χ1n) is 3.83. The van der Waals surface area contributed by atoms with Gasteiger partial charge in [-0.05, 0) is 12.5 Å². The summed E-state index contributed by atoms with van der Waals surface area (Å²) in [6.45, 7) is 2.04. The van der Waals surface area contributed by atoms with E-state index in [1.807, 2.05) is 18.5 Å². The van der Waals surface area contributed by atoms with Gasteiger partial charge in [0.15, 0.2) is 0 Å². The van der Waals surface area contributed by atoms with E-state index in [1.54, 1.807) is 11.3 Å². The molecule has 0 unspecified atom stereocenters. The summed E-state index contributed by atoms with van der Waals surface area (Å²) >= 11 is 1.69. The average molecular weight is 175 g/mol. The van der Waals surface area contributed by atoms with Gasteiger partial charge in [0.2, 0.25) is 0 Å². The molecule has 0 amide bonds. The number of hydrogen-bond donors (Lipinski definition) is 0. The van der Waals surface area contributed by atoms with Crippen LogP contribution in [-0.4, -0.2) is 4.98 Å². The van der Waals surface area contributed by atoms with Crippen LogP contribution in [-0.2, 0) is 0 Å². The first-order valence-corrected chi connectivity index (χ1v) is 4.71. The second-order valence-corrected chi connectivity index (χ2v) is 3.49. The SMILES string of the molecule is Cc1ncsc1-c1ccccc1. The van der Waals surface area contributed by atoms with Gasteiger partial charge < -0.3 is 0 Å². The molecule has 2 heteroatoms. The van der Waals surface area contributed by atoms with Crippen LogP contribution in [0.5, 0.6) is 0 Å². The fourth-order valence-corrected chi connectivity index (χ4v) is 1.98. The van der Waals surface area contributed by atoms with E-state index in [1.165, 1.54) is 10.4 Å². The Hall–Kier alpha value is -1.15. The van der Waals surface area contributed by atoms with Crippen molar-refractivity contribution in [2.75, 3.05) is 0 Å². The van der Waals surface area contributed by atoms with E-state index in [0.29, 0.717) is 0 Å². The third kappa shape index (κ3) is 1.25. The summed E-state index contributed by atoms with van der Waals surface area (Å²) < 4.78 is 0. The number of hydrogen-bond acceptors (Lipinski definition) is 2. The lowest BCUT2D eigenvalue weighted by atomic mass is 10.2. The summed E-state index contributed by atoms with van der Waals surface area (Å²) in [4.78, 5) is 5.49. The predicted octanol–water partition coefficient (Wildman–Crippen LogP) is 3.12. The zero-order chi connectivity index (χ0) is 8.39. The summed E-state index contributed by atoms with van der Waals surface area (Å²) in [7, 11) is 0. The van der Waals surface area contributed by atoms with Gasteiger partial charge in [-0.3, -0.25) is 0 Å². The molecule has 12 heavy (non-hydrogen) atoms. The van der Waals surface area contributed by atoms with Gasteiger partial charge in [-0.15, -0.1) is 11.3 Å². The Labute approximate surface area is 75.7 Å². The molecule has 0 aliphatic rings. The van der Waals surface area contributed by atoms with E-state index in [2.05, 4.69) is 29.2 Å². The van der Waals surface area contributed by atoms with Gasteiger partial charge in [-0.1, -0.05) is 30.3 Å². The predicted molar refractivity (Wildman–Crippen MR) is 52.3 cm³/mol. The van der Waals surface area contributed by atoms with Crippen molar-refractivity contribution in [3.8, 4) is 10.4 Å². The third-order valence-corrected chi connectivity index (χ3v) is 2.76. The summed E-state index contributed by atoms with van der Waals surface area (Å²) in [5.41, 5.74) is 4.27. The topological polar surface area (TPSA) is 12.9 Å². The number of aromatic nitrogens is 1. The lowest BCUT2D eigenvalue weighted by Crippen LogP contribution is -1.75. The molecule has 0 atom stereocenters. The van der Waals surface area contributed by atoms with Gasteiger partial charge in [0.25, 0.3) is 0 Å². The van der Waals surface area contributed by atoms with E-state index < -0.39 is 0 Å². The second-order valence-electron chi connectivity index (χ2n) is 2.63. The molecule has 0 aliphatic carbocycles. The first kappa shape index (κ1) is 7.50. The van der Waals surface area contributed by atoms with Crippen LogP contribution in [0, 0.1) is 6.92 Å². The quantitative estimate of drug-likeness (QED) is 0.649. The van der Waals surface area contributed by atoms with Crippen LogP contribution in [0.2, 0.25) is 0 Å². The zero-order valence-corrected chi connectivity index (χ0v) is 7.64. The maximum absolute atomic E-state index is 4.21. The fraction of sp³-hybridized carbons (Fsp3) is 0.100. The monoisotopic (exact) mass is 175 g/mol. The van der Waals surface area contributed by atoms with Gasteiger partial charge in [0.1, 0.15) is 0 Å². The zero-order valence-electron chi connectivity index (χ0n) is 6.82. The summed E-state index contributed by atoms with van der Waals surface area (Å²) in [5, 5.41) is 0. The number of rotatable bonds is 1. The van der Waals surface area contributed by atoms with Crippen molar-refractivity contribution in [1.82, 2.24) is 4.98 Å². The van der Waals surface area contributed by atoms with Gasteiger partial charge in [-0.2, -0.15) is 0 Å². The molecule has 2 rings (SSSR count). The highest BCUT2D eigenvalue weighted by Gasteiger charge is 2.01. The Morgan fingerprint density at radius 3 is 2.50 bits per heavy atom. The minimum absolute atomic E-state index is 1.12. The van der Waals surface area contributed by atoms with Gasteiger partial charge in [0, 0.05) is 0 Å². The van der Waals surface area contributed by atoms with Crippen LogP contribution in [0.25, 0.3) is 10.4 Å². The Balaban J connectivity index is 2.51. The Bertz CT molecular complexity index is 364. The van der Waals surface area contributed by atoms with Crippen molar-refractivity contribution < 1.29 is 0 Å². The van der Waals surface area contributed by atoms with E-state index in [-0.39, 0.29) is 0 Å². The highest BCUT2D eigenvalue weighted by atomic mass is 32.1. The lowest BCUT2D eigenvalue weighted by Gasteiger charge is -1.96. The maximum Gasteiger partial charge on any atom is 0.0801 e. The van der Waals surface area contributed by atoms with Crippen molar-refractivity contribution in [3.05, 3.63) is 41.5 Å². The lowest BCUT2D eigenvalue weighted by molar-refractivity contribution is 1.27. The fourth-order valence-electron chi connectivity index (χ4n) is 1.17. The molecule has 0 saturated heterocycles. The maximum atomic E-state index is 4.21. The Morgan fingerprint density at radius 2 is 1.92 bits per heavy atom. The molecular weight excluding hydrogens is 166 g/mol. The number of aryl methyl sites for hydroxylation is 1. The molecule has 0 N–H and O–H groups in total. The molecule has 60 valence electrons. The molecule has 1 heterocycles. The minimum atomic E-state index is 1.12. The normalized spacial score (nSPS) is 10.1. The van der Waals surface area contributed by atoms with Crippen LogP contribution >= 0.6 is 11.3 Å². The highest BCUT2D eigenvalue weighted by molar-refractivity contribution is 7.13. The van der Waals surface area contributed by atoms with Crippen LogP contribution in [0.15, 0.2) is 35.8 Å². The highest BCUT2D eigenvalue weighted by Crippen LogP contribution is 2.26. The molecule has 0 spiro atoms. The van der Waals surface area contributed by atoms with Crippen molar-refractivity contribution in [2.45, 2.75) is 6.92 Å². The van der Waals surface area contributed by atoms with Crippen LogP contribution in [0.3, 0.4) is 0 Å². The van der Waals surface area contributed by atoms with Crippen molar-refractivity contribution >= 4 is 11.3 Å². The molecule has 0 fully saturated rings.